The largest absolute Gasteiger partial charge is 0.298 e. The van der Waals surface area contributed by atoms with Gasteiger partial charge in [0.05, 0.1) is 17.9 Å². The van der Waals surface area contributed by atoms with E-state index < -0.39 is 15.1 Å². The maximum absolute atomic E-state index is 12.1. The van der Waals surface area contributed by atoms with Gasteiger partial charge in [0.15, 0.2) is 15.6 Å². The molecule has 0 saturated carbocycles. The van der Waals surface area contributed by atoms with Crippen molar-refractivity contribution >= 4 is 27.0 Å². The highest BCUT2D eigenvalue weighted by Gasteiger charge is 2.34. The molecule has 0 aliphatic carbocycles. The Morgan fingerprint density at radius 3 is 2.67 bits per heavy atom. The normalized spacial score (nSPS) is 22.9. The first-order chi connectivity index (χ1) is 8.40. The first kappa shape index (κ1) is 13.7. The topological polar surface area (TPSA) is 64.1 Å². The van der Waals surface area contributed by atoms with Crippen LogP contribution in [0.25, 0.3) is 0 Å². The number of carbonyl (C=O) groups excluding carboxylic acids is 1. The molecule has 2 heterocycles. The molecule has 1 saturated heterocycles. The molecule has 1 atom stereocenters. The molecule has 1 aromatic heterocycles. The zero-order valence-electron chi connectivity index (χ0n) is 10.6. The summed E-state index contributed by atoms with van der Waals surface area (Å²) in [5.41, 5.74) is 0.925. The number of aromatic nitrogens is 1. The van der Waals surface area contributed by atoms with Gasteiger partial charge in [-0.2, -0.15) is 0 Å². The lowest BCUT2D eigenvalue weighted by atomic mass is 10.1. The van der Waals surface area contributed by atoms with Crippen molar-refractivity contribution in [1.82, 2.24) is 4.98 Å². The molecule has 0 bridgehead atoms. The lowest BCUT2D eigenvalue weighted by molar-refractivity contribution is -0.118. The van der Waals surface area contributed by atoms with Crippen LogP contribution in [0.4, 0.5) is 0 Å². The Morgan fingerprint density at radius 1 is 1.39 bits per heavy atom. The summed E-state index contributed by atoms with van der Waals surface area (Å²) in [5.74, 6) is -0.0391. The molecule has 0 spiro atoms. The number of aryl methyl sites for hydroxylation is 2. The summed E-state index contributed by atoms with van der Waals surface area (Å²) in [7, 11) is -3.22. The molecule has 2 rings (SSSR count). The van der Waals surface area contributed by atoms with Crippen molar-refractivity contribution in [3.63, 3.8) is 0 Å². The highest BCUT2D eigenvalue weighted by Crippen LogP contribution is 2.23. The third-order valence-electron chi connectivity index (χ3n) is 3.34. The first-order valence-corrected chi connectivity index (χ1v) is 8.60. The molecule has 0 N–H and O–H groups in total. The zero-order chi connectivity index (χ0) is 13.3. The summed E-state index contributed by atoms with van der Waals surface area (Å²) >= 11 is 1.48. The molecular weight excluding hydrogens is 270 g/mol. The van der Waals surface area contributed by atoms with Crippen molar-refractivity contribution in [3.05, 3.63) is 15.6 Å². The van der Waals surface area contributed by atoms with E-state index in [-0.39, 0.29) is 18.0 Å². The first-order valence-electron chi connectivity index (χ1n) is 6.07. The highest BCUT2D eigenvalue weighted by atomic mass is 32.2. The van der Waals surface area contributed by atoms with Gasteiger partial charge in [0.2, 0.25) is 0 Å². The molecule has 100 valence electrons. The van der Waals surface area contributed by atoms with Crippen LogP contribution in [0.2, 0.25) is 0 Å². The monoisotopic (exact) mass is 287 g/mol. The van der Waals surface area contributed by atoms with Gasteiger partial charge in [-0.25, -0.2) is 13.4 Å². The van der Waals surface area contributed by atoms with Crippen molar-refractivity contribution in [2.24, 2.45) is 0 Å². The van der Waals surface area contributed by atoms with Crippen LogP contribution in [0, 0.1) is 13.8 Å². The molecule has 1 aliphatic heterocycles. The SMILES string of the molecule is Cc1nc(CC(=O)C2CCCCS2(=O)=O)sc1C. The minimum absolute atomic E-state index is 0.152. The van der Waals surface area contributed by atoms with Crippen LogP contribution >= 0.6 is 11.3 Å². The highest BCUT2D eigenvalue weighted by molar-refractivity contribution is 7.92. The second-order valence-corrected chi connectivity index (χ2v) is 8.33. The van der Waals surface area contributed by atoms with Gasteiger partial charge in [0.25, 0.3) is 0 Å². The predicted octanol–water partition coefficient (Wildman–Crippen LogP) is 1.84. The minimum Gasteiger partial charge on any atom is -0.298 e. The third kappa shape index (κ3) is 2.80. The summed E-state index contributed by atoms with van der Waals surface area (Å²) in [6, 6.07) is 0. The van der Waals surface area contributed by atoms with E-state index in [1.165, 1.54) is 11.3 Å². The van der Waals surface area contributed by atoms with Gasteiger partial charge in [-0.15, -0.1) is 11.3 Å². The summed E-state index contributed by atoms with van der Waals surface area (Å²) < 4.78 is 23.7. The number of rotatable bonds is 3. The molecule has 0 amide bonds. The number of sulfone groups is 1. The Labute approximate surface area is 111 Å². The molecule has 1 unspecified atom stereocenters. The second-order valence-electron chi connectivity index (χ2n) is 4.74. The van der Waals surface area contributed by atoms with Gasteiger partial charge in [-0.05, 0) is 26.7 Å². The molecule has 1 aromatic rings. The van der Waals surface area contributed by atoms with E-state index in [9.17, 15) is 13.2 Å². The standard InChI is InChI=1S/C12H17NO3S2/c1-8-9(2)17-12(13-8)7-10(14)11-5-3-4-6-18(11,15)16/h11H,3-7H2,1-2H3. The van der Waals surface area contributed by atoms with Crippen LogP contribution < -0.4 is 0 Å². The fourth-order valence-electron chi connectivity index (χ4n) is 2.19. The van der Waals surface area contributed by atoms with Gasteiger partial charge < -0.3 is 0 Å². The smallest absolute Gasteiger partial charge is 0.160 e. The quantitative estimate of drug-likeness (QED) is 0.851. The van der Waals surface area contributed by atoms with Crippen LogP contribution in [-0.2, 0) is 21.1 Å². The Morgan fingerprint density at radius 2 is 2.11 bits per heavy atom. The van der Waals surface area contributed by atoms with E-state index >= 15 is 0 Å². The minimum atomic E-state index is -3.22. The van der Waals surface area contributed by atoms with E-state index in [4.69, 9.17) is 0 Å². The van der Waals surface area contributed by atoms with Crippen molar-refractivity contribution < 1.29 is 13.2 Å². The number of ketones is 1. The third-order valence-corrected chi connectivity index (χ3v) is 6.63. The number of hydrogen-bond acceptors (Lipinski definition) is 5. The molecule has 1 aliphatic rings. The number of carbonyl (C=O) groups is 1. The molecule has 1 fully saturated rings. The van der Waals surface area contributed by atoms with Gasteiger partial charge in [0, 0.05) is 4.88 Å². The molecule has 4 nitrogen and oxygen atoms in total. The Hall–Kier alpha value is -0.750. The van der Waals surface area contributed by atoms with Crippen molar-refractivity contribution in [2.45, 2.75) is 44.8 Å². The van der Waals surface area contributed by atoms with Gasteiger partial charge in [-0.1, -0.05) is 6.42 Å². The number of hydrogen-bond donors (Lipinski definition) is 0. The molecular formula is C12H17NO3S2. The van der Waals surface area contributed by atoms with Crippen molar-refractivity contribution in [1.29, 1.82) is 0 Å². The van der Waals surface area contributed by atoms with Gasteiger partial charge >= 0.3 is 0 Å². The zero-order valence-corrected chi connectivity index (χ0v) is 12.2. The summed E-state index contributed by atoms with van der Waals surface area (Å²) in [4.78, 5) is 17.5. The van der Waals surface area contributed by atoms with Crippen LogP contribution in [0.1, 0.15) is 34.8 Å². The lowest BCUT2D eigenvalue weighted by Gasteiger charge is -2.20. The van der Waals surface area contributed by atoms with Crippen molar-refractivity contribution in [3.8, 4) is 0 Å². The lowest BCUT2D eigenvalue weighted by Crippen LogP contribution is -2.36. The number of Topliss-reactive ketones (excluding diaryl/α,β-unsaturated/α-hetero) is 1. The van der Waals surface area contributed by atoms with E-state index in [0.717, 1.165) is 22.0 Å². The van der Waals surface area contributed by atoms with E-state index in [1.807, 2.05) is 13.8 Å². The average Bonchev–Trinajstić information content (AvgIpc) is 2.57. The Kier molecular flexibility index (Phi) is 3.87. The van der Waals surface area contributed by atoms with E-state index in [2.05, 4.69) is 4.98 Å². The summed E-state index contributed by atoms with van der Waals surface area (Å²) in [6.07, 6.45) is 2.14. The van der Waals surface area contributed by atoms with Crippen molar-refractivity contribution in [2.75, 3.05) is 5.75 Å². The molecule has 18 heavy (non-hydrogen) atoms. The fraction of sp³-hybridized carbons (Fsp3) is 0.667. The van der Waals surface area contributed by atoms with Crippen LogP contribution in [-0.4, -0.2) is 30.2 Å². The Balaban J connectivity index is 2.12. The molecule has 6 heteroatoms. The predicted molar refractivity (Wildman–Crippen MR) is 71.7 cm³/mol. The fourth-order valence-corrected chi connectivity index (χ4v) is 5.04. The summed E-state index contributed by atoms with van der Waals surface area (Å²) in [6.45, 7) is 3.86. The second kappa shape index (κ2) is 5.09. The maximum atomic E-state index is 12.1. The number of nitrogens with zero attached hydrogens (tertiary/aromatic N) is 1. The van der Waals surface area contributed by atoms with E-state index in [0.29, 0.717) is 12.8 Å². The van der Waals surface area contributed by atoms with E-state index in [1.54, 1.807) is 0 Å². The van der Waals surface area contributed by atoms with Gasteiger partial charge in [-0.3, -0.25) is 4.79 Å². The number of thiazole rings is 1. The average molecular weight is 287 g/mol. The van der Waals surface area contributed by atoms with Crippen LogP contribution in [0.3, 0.4) is 0 Å². The van der Waals surface area contributed by atoms with Crippen LogP contribution in [0.15, 0.2) is 0 Å². The van der Waals surface area contributed by atoms with Crippen LogP contribution in [0.5, 0.6) is 0 Å². The maximum Gasteiger partial charge on any atom is 0.160 e. The van der Waals surface area contributed by atoms with Gasteiger partial charge in [0.1, 0.15) is 10.3 Å². The molecule has 0 aromatic carbocycles. The molecule has 0 radical (unpaired) electrons. The Bertz CT molecular complexity index is 540. The summed E-state index contributed by atoms with van der Waals surface area (Å²) in [5, 5.41) is -0.0634.